The molecule has 5 heterocycles. The Morgan fingerprint density at radius 2 is 2.07 bits per heavy atom. The van der Waals surface area contributed by atoms with Crippen LogP contribution in [0, 0.1) is 6.92 Å². The Morgan fingerprint density at radius 3 is 2.89 bits per heavy atom. The summed E-state index contributed by atoms with van der Waals surface area (Å²) >= 11 is 6.39. The Labute approximate surface area is 165 Å². The number of rotatable bonds is 5. The molecule has 0 spiro atoms. The average molecular weight is 406 g/mol. The Balaban J connectivity index is 1.32. The molecule has 0 aromatic carbocycles. The lowest BCUT2D eigenvalue weighted by Crippen LogP contribution is -2.34. The van der Waals surface area contributed by atoms with E-state index in [1.165, 1.54) is 0 Å². The van der Waals surface area contributed by atoms with Gasteiger partial charge in [-0.05, 0) is 31.5 Å². The lowest BCUT2D eigenvalue weighted by atomic mass is 10.1. The molecular weight excluding hydrogens is 386 g/mol. The number of aromatic nitrogens is 3. The van der Waals surface area contributed by atoms with Gasteiger partial charge in [0.2, 0.25) is 0 Å². The van der Waals surface area contributed by atoms with E-state index in [1.54, 1.807) is 6.07 Å². The SMILES string of the molecule is Cc1ccc(CCc2nc3nc(O[C@@H]4CO[C@H]5[C@@H]4OC[C@H]5O)[nH]c3cc2Cl)o1. The first-order valence-corrected chi connectivity index (χ1v) is 9.63. The van der Waals surface area contributed by atoms with Crippen LogP contribution in [0.4, 0.5) is 0 Å². The summed E-state index contributed by atoms with van der Waals surface area (Å²) in [6, 6.07) is 6.03. The Bertz CT molecular complexity index is 1000. The van der Waals surface area contributed by atoms with Crippen LogP contribution in [0.1, 0.15) is 17.2 Å². The number of nitrogens with zero attached hydrogens (tertiary/aromatic N) is 2. The minimum Gasteiger partial charge on any atom is -0.466 e. The molecule has 2 N–H and O–H groups in total. The van der Waals surface area contributed by atoms with Gasteiger partial charge in [0.1, 0.15) is 29.8 Å². The average Bonchev–Trinajstić information content (AvgIpc) is 3.41. The van der Waals surface area contributed by atoms with Crippen molar-refractivity contribution in [2.75, 3.05) is 13.2 Å². The molecule has 2 fully saturated rings. The first-order valence-electron chi connectivity index (χ1n) is 9.25. The number of aryl methyl sites for hydroxylation is 3. The van der Waals surface area contributed by atoms with Crippen LogP contribution in [0.2, 0.25) is 5.02 Å². The van der Waals surface area contributed by atoms with Gasteiger partial charge in [0, 0.05) is 6.42 Å². The van der Waals surface area contributed by atoms with Crippen molar-refractivity contribution in [3.8, 4) is 6.01 Å². The normalized spacial score (nSPS) is 26.8. The van der Waals surface area contributed by atoms with Gasteiger partial charge in [-0.2, -0.15) is 4.98 Å². The van der Waals surface area contributed by atoms with Crippen molar-refractivity contribution in [1.29, 1.82) is 0 Å². The van der Waals surface area contributed by atoms with Crippen LogP contribution in [0.3, 0.4) is 0 Å². The Morgan fingerprint density at radius 1 is 1.21 bits per heavy atom. The van der Waals surface area contributed by atoms with Crippen LogP contribution in [-0.2, 0) is 22.3 Å². The summed E-state index contributed by atoms with van der Waals surface area (Å²) in [7, 11) is 0. The highest BCUT2D eigenvalue weighted by atomic mass is 35.5. The summed E-state index contributed by atoms with van der Waals surface area (Å²) in [4.78, 5) is 12.1. The molecule has 9 heteroatoms. The van der Waals surface area contributed by atoms with E-state index in [2.05, 4.69) is 15.0 Å². The van der Waals surface area contributed by atoms with Crippen LogP contribution >= 0.6 is 11.6 Å². The number of imidazole rings is 1. The Hall–Kier alpha value is -2.13. The fourth-order valence-electron chi connectivity index (χ4n) is 3.71. The standard InChI is InChI=1S/C19H20ClN3O5/c1-9-2-3-10(27-9)4-5-12-11(20)6-13-18(21-12)23-19(22-13)28-15-8-26-16-14(24)7-25-17(15)16/h2-3,6,14-17,24H,4-5,7-8H2,1H3,(H,21,22,23)/t14-,15-,16-,17-/m1/s1. The number of aromatic amines is 1. The molecule has 5 rings (SSSR count). The molecule has 0 radical (unpaired) electrons. The number of hydrogen-bond donors (Lipinski definition) is 2. The maximum atomic E-state index is 9.83. The van der Waals surface area contributed by atoms with Gasteiger partial charge in [-0.1, -0.05) is 11.6 Å². The molecule has 3 aromatic rings. The van der Waals surface area contributed by atoms with Gasteiger partial charge in [0.05, 0.1) is 29.4 Å². The lowest BCUT2D eigenvalue weighted by Gasteiger charge is -2.15. The maximum Gasteiger partial charge on any atom is 0.296 e. The van der Waals surface area contributed by atoms with E-state index in [1.807, 2.05) is 19.1 Å². The van der Waals surface area contributed by atoms with Crippen molar-refractivity contribution >= 4 is 22.8 Å². The molecule has 4 atom stereocenters. The fraction of sp³-hybridized carbons (Fsp3) is 0.474. The molecule has 148 valence electrons. The second kappa shape index (κ2) is 7.04. The van der Waals surface area contributed by atoms with Gasteiger partial charge >= 0.3 is 0 Å². The van der Waals surface area contributed by atoms with Crippen molar-refractivity contribution in [3.05, 3.63) is 40.4 Å². The van der Waals surface area contributed by atoms with E-state index >= 15 is 0 Å². The number of fused-ring (bicyclic) bond motifs is 2. The molecule has 3 aromatic heterocycles. The van der Waals surface area contributed by atoms with Gasteiger partial charge in [-0.3, -0.25) is 0 Å². The van der Waals surface area contributed by atoms with E-state index in [9.17, 15) is 5.11 Å². The predicted molar refractivity (Wildman–Crippen MR) is 99.7 cm³/mol. The molecule has 28 heavy (non-hydrogen) atoms. The molecular formula is C19H20ClN3O5. The minimum absolute atomic E-state index is 0.255. The van der Waals surface area contributed by atoms with Crippen LogP contribution in [0.15, 0.2) is 22.6 Å². The number of hydrogen-bond acceptors (Lipinski definition) is 7. The van der Waals surface area contributed by atoms with E-state index in [0.717, 1.165) is 17.2 Å². The van der Waals surface area contributed by atoms with Gasteiger partial charge in [0.25, 0.3) is 6.01 Å². The zero-order valence-electron chi connectivity index (χ0n) is 15.2. The molecule has 8 nitrogen and oxygen atoms in total. The largest absolute Gasteiger partial charge is 0.466 e. The van der Waals surface area contributed by atoms with Crippen molar-refractivity contribution < 1.29 is 23.7 Å². The third-order valence-corrected chi connectivity index (χ3v) is 5.45. The zero-order chi connectivity index (χ0) is 19.3. The number of furan rings is 1. The van der Waals surface area contributed by atoms with Crippen LogP contribution < -0.4 is 4.74 Å². The van der Waals surface area contributed by atoms with Crippen molar-refractivity contribution in [2.24, 2.45) is 0 Å². The quantitative estimate of drug-likeness (QED) is 0.670. The van der Waals surface area contributed by atoms with E-state index in [-0.39, 0.29) is 24.9 Å². The topological polar surface area (TPSA) is 103 Å². The smallest absolute Gasteiger partial charge is 0.296 e. The number of nitrogens with one attached hydrogen (secondary N) is 1. The van der Waals surface area contributed by atoms with Gasteiger partial charge in [-0.25, -0.2) is 4.98 Å². The third-order valence-electron chi connectivity index (χ3n) is 5.13. The van der Waals surface area contributed by atoms with Crippen molar-refractivity contribution in [2.45, 2.75) is 44.2 Å². The summed E-state index contributed by atoms with van der Waals surface area (Å²) in [5.74, 6) is 1.78. The van der Waals surface area contributed by atoms with Gasteiger partial charge in [0.15, 0.2) is 11.8 Å². The number of aliphatic hydroxyl groups is 1. The molecule has 0 amide bonds. The molecule has 0 bridgehead atoms. The summed E-state index contributed by atoms with van der Waals surface area (Å²) in [6.07, 6.45) is -0.236. The molecule has 0 unspecified atom stereocenters. The highest BCUT2D eigenvalue weighted by Gasteiger charge is 2.48. The minimum atomic E-state index is -0.616. The second-order valence-corrected chi connectivity index (χ2v) is 7.57. The highest BCUT2D eigenvalue weighted by molar-refractivity contribution is 6.31. The summed E-state index contributed by atoms with van der Waals surface area (Å²) in [5.41, 5.74) is 1.99. The van der Waals surface area contributed by atoms with Crippen molar-refractivity contribution in [1.82, 2.24) is 15.0 Å². The summed E-state index contributed by atoms with van der Waals surface area (Å²) in [5, 5.41) is 10.4. The number of aliphatic hydroxyl groups excluding tert-OH is 1. The molecule has 0 aliphatic carbocycles. The molecule has 0 saturated carbocycles. The van der Waals surface area contributed by atoms with Gasteiger partial charge in [-0.15, -0.1) is 0 Å². The third kappa shape index (κ3) is 3.26. The monoisotopic (exact) mass is 405 g/mol. The number of ether oxygens (including phenoxy) is 3. The lowest BCUT2D eigenvalue weighted by molar-refractivity contribution is 0.00706. The van der Waals surface area contributed by atoms with Crippen LogP contribution in [0.5, 0.6) is 6.01 Å². The van der Waals surface area contributed by atoms with Gasteiger partial charge < -0.3 is 28.7 Å². The molecule has 2 aliphatic heterocycles. The molecule has 2 saturated heterocycles. The molecule has 2 aliphatic rings. The number of halogens is 1. The summed E-state index contributed by atoms with van der Waals surface area (Å²) < 4.78 is 22.7. The first-order chi connectivity index (χ1) is 13.6. The van der Waals surface area contributed by atoms with Crippen molar-refractivity contribution in [3.63, 3.8) is 0 Å². The summed E-state index contributed by atoms with van der Waals surface area (Å²) in [6.45, 7) is 2.51. The number of H-pyrrole nitrogens is 1. The van der Waals surface area contributed by atoms with Crippen LogP contribution in [0.25, 0.3) is 11.2 Å². The number of pyridine rings is 1. The van der Waals surface area contributed by atoms with E-state index in [4.69, 9.17) is 30.2 Å². The van der Waals surface area contributed by atoms with Crippen LogP contribution in [-0.4, -0.2) is 57.7 Å². The highest BCUT2D eigenvalue weighted by Crippen LogP contribution is 2.30. The zero-order valence-corrected chi connectivity index (χ0v) is 16.0. The van der Waals surface area contributed by atoms with E-state index < -0.39 is 6.10 Å². The second-order valence-electron chi connectivity index (χ2n) is 7.16. The predicted octanol–water partition coefficient (Wildman–Crippen LogP) is 2.20. The maximum absolute atomic E-state index is 9.83. The Kier molecular flexibility index (Phi) is 4.51. The first kappa shape index (κ1) is 17.9. The fourth-order valence-corrected chi connectivity index (χ4v) is 3.96. The van der Waals surface area contributed by atoms with E-state index in [0.29, 0.717) is 41.6 Å².